The summed E-state index contributed by atoms with van der Waals surface area (Å²) in [4.78, 5) is 13.6. The van der Waals surface area contributed by atoms with Crippen LogP contribution in [0.15, 0.2) is 40.9 Å². The van der Waals surface area contributed by atoms with Gasteiger partial charge in [-0.25, -0.2) is 4.39 Å². The van der Waals surface area contributed by atoms with Gasteiger partial charge in [-0.1, -0.05) is 0 Å². The lowest BCUT2D eigenvalue weighted by atomic mass is 10.1. The monoisotopic (exact) mass is 351 g/mol. The number of nitrogens with zero attached hydrogens (tertiary/aromatic N) is 1. The Balaban J connectivity index is 2.45. The van der Waals surface area contributed by atoms with Gasteiger partial charge in [-0.3, -0.25) is 4.79 Å². The molecule has 0 aliphatic heterocycles. The summed E-state index contributed by atoms with van der Waals surface area (Å²) in [5.74, 6) is -0.532. The van der Waals surface area contributed by atoms with Gasteiger partial charge in [0.1, 0.15) is 5.82 Å². The van der Waals surface area contributed by atoms with Gasteiger partial charge in [-0.2, -0.15) is 0 Å². The highest BCUT2D eigenvalue weighted by Crippen LogP contribution is 2.29. The van der Waals surface area contributed by atoms with Crippen LogP contribution < -0.4 is 11.1 Å². The van der Waals surface area contributed by atoms with E-state index in [0.29, 0.717) is 27.1 Å². The maximum absolute atomic E-state index is 13.4. The minimum atomic E-state index is -0.370. The minimum absolute atomic E-state index is 0.162. The molecule has 0 saturated heterocycles. The molecular formula is C15H15BrFN3O. The van der Waals surface area contributed by atoms with E-state index in [1.165, 1.54) is 17.0 Å². The Hall–Kier alpha value is -2.08. The van der Waals surface area contributed by atoms with Crippen molar-refractivity contribution >= 4 is 38.9 Å². The van der Waals surface area contributed by atoms with Crippen LogP contribution >= 0.6 is 15.9 Å². The molecule has 0 aromatic heterocycles. The lowest BCUT2D eigenvalue weighted by Gasteiger charge is -2.16. The maximum atomic E-state index is 13.4. The van der Waals surface area contributed by atoms with Crippen molar-refractivity contribution in [3.8, 4) is 0 Å². The van der Waals surface area contributed by atoms with Gasteiger partial charge in [0.2, 0.25) is 0 Å². The van der Waals surface area contributed by atoms with Crippen LogP contribution in [0.1, 0.15) is 10.4 Å². The van der Waals surface area contributed by atoms with E-state index in [1.807, 2.05) is 0 Å². The van der Waals surface area contributed by atoms with E-state index in [-0.39, 0.29) is 11.7 Å². The van der Waals surface area contributed by atoms with Crippen molar-refractivity contribution in [1.82, 2.24) is 4.90 Å². The molecule has 0 atom stereocenters. The first-order valence-electron chi connectivity index (χ1n) is 6.21. The number of hydrogen-bond acceptors (Lipinski definition) is 3. The lowest BCUT2D eigenvalue weighted by Crippen LogP contribution is -2.22. The third kappa shape index (κ3) is 3.52. The molecule has 2 rings (SSSR count). The Labute approximate surface area is 130 Å². The summed E-state index contributed by atoms with van der Waals surface area (Å²) in [5.41, 5.74) is 7.80. The van der Waals surface area contributed by atoms with Gasteiger partial charge < -0.3 is 16.0 Å². The minimum Gasteiger partial charge on any atom is -0.399 e. The first kappa shape index (κ1) is 15.3. The van der Waals surface area contributed by atoms with E-state index < -0.39 is 0 Å². The van der Waals surface area contributed by atoms with E-state index in [0.717, 1.165) is 0 Å². The van der Waals surface area contributed by atoms with E-state index in [9.17, 15) is 9.18 Å². The summed E-state index contributed by atoms with van der Waals surface area (Å²) in [5, 5.41) is 3.04. The second kappa shape index (κ2) is 6.13. The van der Waals surface area contributed by atoms with E-state index in [1.54, 1.807) is 38.4 Å². The third-order valence-corrected chi connectivity index (χ3v) is 3.57. The van der Waals surface area contributed by atoms with Gasteiger partial charge >= 0.3 is 0 Å². The predicted octanol–water partition coefficient (Wildman–Crippen LogP) is 3.62. The highest BCUT2D eigenvalue weighted by molar-refractivity contribution is 9.10. The SMILES string of the molecule is CN(C)C(=O)c1ccc(N)cc1Nc1cc(F)ccc1Br. The number of benzene rings is 2. The molecule has 1 amide bonds. The zero-order valence-electron chi connectivity index (χ0n) is 11.7. The summed E-state index contributed by atoms with van der Waals surface area (Å²) in [6, 6.07) is 9.24. The highest BCUT2D eigenvalue weighted by atomic mass is 79.9. The van der Waals surface area contributed by atoms with E-state index in [4.69, 9.17) is 5.73 Å². The second-order valence-electron chi connectivity index (χ2n) is 4.75. The van der Waals surface area contributed by atoms with Gasteiger partial charge in [-0.15, -0.1) is 0 Å². The van der Waals surface area contributed by atoms with Gasteiger partial charge in [0.15, 0.2) is 0 Å². The van der Waals surface area contributed by atoms with E-state index in [2.05, 4.69) is 21.2 Å². The molecular weight excluding hydrogens is 337 g/mol. The average Bonchev–Trinajstić information content (AvgIpc) is 2.42. The largest absolute Gasteiger partial charge is 0.399 e. The maximum Gasteiger partial charge on any atom is 0.255 e. The number of carbonyl (C=O) groups is 1. The van der Waals surface area contributed by atoms with Crippen molar-refractivity contribution < 1.29 is 9.18 Å². The Morgan fingerprint density at radius 1 is 1.19 bits per heavy atom. The number of nitrogen functional groups attached to an aromatic ring is 1. The summed E-state index contributed by atoms with van der Waals surface area (Å²) in [6.45, 7) is 0. The van der Waals surface area contributed by atoms with Gasteiger partial charge in [-0.05, 0) is 52.3 Å². The van der Waals surface area contributed by atoms with Gasteiger partial charge in [0, 0.05) is 24.3 Å². The molecule has 0 unspecified atom stereocenters. The highest BCUT2D eigenvalue weighted by Gasteiger charge is 2.14. The molecule has 3 N–H and O–H groups in total. The molecule has 2 aromatic carbocycles. The zero-order valence-corrected chi connectivity index (χ0v) is 13.2. The van der Waals surface area contributed by atoms with Gasteiger partial charge in [0.05, 0.1) is 16.9 Å². The number of halogens is 2. The second-order valence-corrected chi connectivity index (χ2v) is 5.61. The average molecular weight is 352 g/mol. The van der Waals surface area contributed by atoms with Crippen LogP contribution in [0.3, 0.4) is 0 Å². The van der Waals surface area contributed by atoms with Crippen LogP contribution in [0.2, 0.25) is 0 Å². The van der Waals surface area contributed by atoms with Crippen LogP contribution in [0.4, 0.5) is 21.5 Å². The first-order chi connectivity index (χ1) is 9.88. The molecule has 6 heteroatoms. The number of hydrogen-bond donors (Lipinski definition) is 2. The fraction of sp³-hybridized carbons (Fsp3) is 0.133. The van der Waals surface area contributed by atoms with Crippen LogP contribution in [-0.2, 0) is 0 Å². The van der Waals surface area contributed by atoms with Crippen LogP contribution in [0, 0.1) is 5.82 Å². The van der Waals surface area contributed by atoms with Crippen LogP contribution in [0.5, 0.6) is 0 Å². The number of nitrogens with one attached hydrogen (secondary N) is 1. The summed E-state index contributed by atoms with van der Waals surface area (Å²) < 4.78 is 14.0. The molecule has 21 heavy (non-hydrogen) atoms. The van der Waals surface area contributed by atoms with Gasteiger partial charge in [0.25, 0.3) is 5.91 Å². The number of nitrogens with two attached hydrogens (primary N) is 1. The van der Waals surface area contributed by atoms with Crippen molar-refractivity contribution in [1.29, 1.82) is 0 Å². The molecule has 0 fully saturated rings. The number of anilines is 3. The number of amides is 1. The fourth-order valence-corrected chi connectivity index (χ4v) is 2.18. The number of rotatable bonds is 3. The molecule has 0 heterocycles. The molecule has 0 saturated carbocycles. The quantitative estimate of drug-likeness (QED) is 0.830. The van der Waals surface area contributed by atoms with Crippen molar-refractivity contribution in [2.45, 2.75) is 0 Å². The van der Waals surface area contributed by atoms with Crippen molar-refractivity contribution in [3.05, 3.63) is 52.3 Å². The lowest BCUT2D eigenvalue weighted by molar-refractivity contribution is 0.0828. The fourth-order valence-electron chi connectivity index (χ4n) is 1.83. The smallest absolute Gasteiger partial charge is 0.255 e. The summed E-state index contributed by atoms with van der Waals surface area (Å²) in [7, 11) is 3.33. The summed E-state index contributed by atoms with van der Waals surface area (Å²) >= 11 is 3.34. The first-order valence-corrected chi connectivity index (χ1v) is 7.01. The normalized spacial score (nSPS) is 10.3. The Bertz CT molecular complexity index is 689. The molecule has 110 valence electrons. The molecule has 0 spiro atoms. The van der Waals surface area contributed by atoms with E-state index >= 15 is 0 Å². The van der Waals surface area contributed by atoms with Crippen molar-refractivity contribution in [3.63, 3.8) is 0 Å². The Morgan fingerprint density at radius 3 is 2.57 bits per heavy atom. The topological polar surface area (TPSA) is 58.4 Å². The molecule has 0 aliphatic rings. The molecule has 0 radical (unpaired) electrons. The standard InChI is InChI=1S/C15H15BrFN3O/c1-20(2)15(21)11-5-4-10(18)8-13(11)19-14-7-9(17)3-6-12(14)16/h3-8,19H,18H2,1-2H3. The van der Waals surface area contributed by atoms with Crippen LogP contribution in [-0.4, -0.2) is 24.9 Å². The molecule has 4 nitrogen and oxygen atoms in total. The van der Waals surface area contributed by atoms with Crippen molar-refractivity contribution in [2.24, 2.45) is 0 Å². The van der Waals surface area contributed by atoms with Crippen molar-refractivity contribution in [2.75, 3.05) is 25.1 Å². The Kier molecular flexibility index (Phi) is 4.47. The Morgan fingerprint density at radius 2 is 1.90 bits per heavy atom. The summed E-state index contributed by atoms with van der Waals surface area (Å²) in [6.07, 6.45) is 0. The zero-order chi connectivity index (χ0) is 15.6. The van der Waals surface area contributed by atoms with Crippen LogP contribution in [0.25, 0.3) is 0 Å². The molecule has 0 bridgehead atoms. The molecule has 0 aliphatic carbocycles. The molecule has 2 aromatic rings. The number of carbonyl (C=O) groups excluding carboxylic acids is 1. The third-order valence-electron chi connectivity index (χ3n) is 2.88. The predicted molar refractivity (Wildman–Crippen MR) is 86.3 cm³/mol.